The number of nitrogens with one attached hydrogen (secondary N) is 1. The molecule has 1 aromatic rings. The van der Waals surface area contributed by atoms with Gasteiger partial charge in [0, 0.05) is 12.3 Å². The first-order valence-electron chi connectivity index (χ1n) is 6.41. The van der Waals surface area contributed by atoms with Gasteiger partial charge in [-0.15, -0.1) is 0 Å². The molecule has 0 heterocycles. The lowest BCUT2D eigenvalue weighted by Gasteiger charge is -2.23. The number of hydrogen-bond donors (Lipinski definition) is 1. The van der Waals surface area contributed by atoms with E-state index in [-0.39, 0.29) is 6.04 Å². The Kier molecular flexibility index (Phi) is 3.78. The molecule has 3 nitrogen and oxygen atoms in total. The quantitative estimate of drug-likeness (QED) is 0.906. The molecule has 2 rings (SSSR count). The molecule has 0 aromatic heterocycles. The zero-order valence-corrected chi connectivity index (χ0v) is 12.0. The summed E-state index contributed by atoms with van der Waals surface area (Å²) in [6.07, 6.45) is 4.79. The average Bonchev–Trinajstić information content (AvgIpc) is 2.76. The normalized spacial score (nSPS) is 18.4. The highest BCUT2D eigenvalue weighted by Gasteiger charge is 2.26. The van der Waals surface area contributed by atoms with Crippen molar-refractivity contribution in [1.82, 2.24) is 5.32 Å². The molecule has 1 aromatic carbocycles. The van der Waals surface area contributed by atoms with Gasteiger partial charge in [-0.25, -0.2) is 8.42 Å². The molecule has 0 spiro atoms. The van der Waals surface area contributed by atoms with Crippen molar-refractivity contribution in [1.29, 1.82) is 0 Å². The number of rotatable bonds is 4. The van der Waals surface area contributed by atoms with E-state index in [1.165, 1.54) is 23.8 Å². The molecule has 1 aliphatic carbocycles. The van der Waals surface area contributed by atoms with Crippen LogP contribution < -0.4 is 5.32 Å². The number of benzene rings is 1. The fraction of sp³-hybridized carbons (Fsp3) is 0.571. The van der Waals surface area contributed by atoms with E-state index in [9.17, 15) is 8.42 Å². The van der Waals surface area contributed by atoms with Crippen molar-refractivity contribution in [2.24, 2.45) is 0 Å². The van der Waals surface area contributed by atoms with Gasteiger partial charge in [-0.3, -0.25) is 0 Å². The highest BCUT2D eigenvalue weighted by molar-refractivity contribution is 7.91. The van der Waals surface area contributed by atoms with Crippen molar-refractivity contribution in [3.05, 3.63) is 34.9 Å². The molecular weight excluding hydrogens is 246 g/mol. The van der Waals surface area contributed by atoms with Crippen molar-refractivity contribution >= 4 is 9.84 Å². The first-order valence-corrected chi connectivity index (χ1v) is 8.37. The Morgan fingerprint density at radius 1 is 1.22 bits per heavy atom. The van der Waals surface area contributed by atoms with Gasteiger partial charge in [-0.05, 0) is 49.9 Å². The van der Waals surface area contributed by atoms with Crippen molar-refractivity contribution in [3.8, 4) is 0 Å². The maximum absolute atomic E-state index is 11.7. The lowest BCUT2D eigenvalue weighted by atomic mass is 9.99. The third-order valence-corrected chi connectivity index (χ3v) is 5.56. The van der Waals surface area contributed by atoms with Gasteiger partial charge in [0.05, 0.1) is 5.25 Å². The number of hydrogen-bond acceptors (Lipinski definition) is 3. The van der Waals surface area contributed by atoms with Crippen molar-refractivity contribution in [2.45, 2.75) is 37.5 Å². The Bertz CT molecular complexity index is 537. The second-order valence-electron chi connectivity index (χ2n) is 5.18. The van der Waals surface area contributed by atoms with Crippen LogP contribution >= 0.6 is 0 Å². The molecule has 0 bridgehead atoms. The molecule has 2 atom stereocenters. The molecule has 0 amide bonds. The molecular formula is C14H21NO2S. The molecule has 0 saturated heterocycles. The predicted molar refractivity (Wildman–Crippen MR) is 74.6 cm³/mol. The van der Waals surface area contributed by atoms with Crippen molar-refractivity contribution < 1.29 is 8.42 Å². The van der Waals surface area contributed by atoms with Crippen LogP contribution in [-0.4, -0.2) is 27.0 Å². The zero-order chi connectivity index (χ0) is 13.3. The van der Waals surface area contributed by atoms with Crippen LogP contribution in [0.25, 0.3) is 0 Å². The fourth-order valence-corrected chi connectivity index (χ4v) is 3.49. The summed E-state index contributed by atoms with van der Waals surface area (Å²) in [5, 5.41) is 2.72. The summed E-state index contributed by atoms with van der Waals surface area (Å²) in [5.41, 5.74) is 3.88. The van der Waals surface area contributed by atoms with Gasteiger partial charge >= 0.3 is 0 Å². The Balaban J connectivity index is 2.34. The highest BCUT2D eigenvalue weighted by Crippen LogP contribution is 2.28. The van der Waals surface area contributed by atoms with Gasteiger partial charge < -0.3 is 5.32 Å². The van der Waals surface area contributed by atoms with Gasteiger partial charge in [0.25, 0.3) is 0 Å². The van der Waals surface area contributed by atoms with E-state index in [1.54, 1.807) is 6.92 Å². The smallest absolute Gasteiger partial charge is 0.151 e. The summed E-state index contributed by atoms with van der Waals surface area (Å²) in [5.74, 6) is 0. The molecule has 18 heavy (non-hydrogen) atoms. The maximum atomic E-state index is 11.7. The molecule has 1 N–H and O–H groups in total. The first-order chi connectivity index (χ1) is 8.43. The molecule has 2 unspecified atom stereocenters. The molecule has 100 valence electrons. The van der Waals surface area contributed by atoms with Gasteiger partial charge in [0.2, 0.25) is 0 Å². The molecule has 1 aliphatic rings. The molecule has 4 heteroatoms. The average molecular weight is 267 g/mol. The lowest BCUT2D eigenvalue weighted by Crippen LogP contribution is -2.33. The Morgan fingerprint density at radius 3 is 2.50 bits per heavy atom. The van der Waals surface area contributed by atoms with E-state index >= 15 is 0 Å². The minimum Gasteiger partial charge on any atom is -0.312 e. The predicted octanol–water partition coefficient (Wildman–Crippen LogP) is 1.87. The summed E-state index contributed by atoms with van der Waals surface area (Å²) < 4.78 is 23.4. The number of sulfone groups is 1. The minimum atomic E-state index is -3.04. The summed E-state index contributed by atoms with van der Waals surface area (Å²) in [6, 6.07) is 6.25. The van der Waals surface area contributed by atoms with E-state index in [4.69, 9.17) is 0 Å². The van der Waals surface area contributed by atoms with Gasteiger partial charge in [0.1, 0.15) is 0 Å². The van der Waals surface area contributed by atoms with Crippen molar-refractivity contribution in [2.75, 3.05) is 13.3 Å². The molecule has 0 radical (unpaired) electrons. The number of fused-ring (bicyclic) bond motifs is 1. The van der Waals surface area contributed by atoms with Gasteiger partial charge in [-0.1, -0.05) is 18.2 Å². The van der Waals surface area contributed by atoms with Crippen LogP contribution in [0.1, 0.15) is 36.1 Å². The lowest BCUT2D eigenvalue weighted by molar-refractivity contribution is 0.534. The van der Waals surface area contributed by atoms with Gasteiger partial charge in [-0.2, -0.15) is 0 Å². The second kappa shape index (κ2) is 5.02. The third kappa shape index (κ3) is 2.59. The third-order valence-electron chi connectivity index (χ3n) is 3.94. The van der Waals surface area contributed by atoms with Crippen LogP contribution in [0.2, 0.25) is 0 Å². The Labute approximate surface area is 110 Å². The van der Waals surface area contributed by atoms with Crippen molar-refractivity contribution in [3.63, 3.8) is 0 Å². The minimum absolute atomic E-state index is 0.133. The molecule has 0 aliphatic heterocycles. The fourth-order valence-electron chi connectivity index (χ4n) is 2.70. The van der Waals surface area contributed by atoms with E-state index in [0.29, 0.717) is 0 Å². The van der Waals surface area contributed by atoms with Crippen LogP contribution in [0.4, 0.5) is 0 Å². The summed E-state index contributed by atoms with van der Waals surface area (Å²) >= 11 is 0. The van der Waals surface area contributed by atoms with Crippen LogP contribution in [0.3, 0.4) is 0 Å². The van der Waals surface area contributed by atoms with E-state index in [2.05, 4.69) is 23.5 Å². The Hall–Kier alpha value is -0.870. The summed E-state index contributed by atoms with van der Waals surface area (Å²) in [7, 11) is -1.22. The van der Waals surface area contributed by atoms with Crippen LogP contribution in [0, 0.1) is 0 Å². The second-order valence-corrected chi connectivity index (χ2v) is 7.59. The topological polar surface area (TPSA) is 46.2 Å². The van der Waals surface area contributed by atoms with E-state index < -0.39 is 15.1 Å². The highest BCUT2D eigenvalue weighted by atomic mass is 32.2. The molecule has 0 fully saturated rings. The SMILES string of the molecule is CNC(c1ccc2c(c1)CCC2)C(C)S(C)(=O)=O. The van der Waals surface area contributed by atoms with Crippen LogP contribution in [-0.2, 0) is 22.7 Å². The first kappa shape index (κ1) is 13.6. The van der Waals surface area contributed by atoms with Crippen LogP contribution in [0.15, 0.2) is 18.2 Å². The largest absolute Gasteiger partial charge is 0.312 e. The summed E-state index contributed by atoms with van der Waals surface area (Å²) in [4.78, 5) is 0. The van der Waals surface area contributed by atoms with Gasteiger partial charge in [0.15, 0.2) is 9.84 Å². The maximum Gasteiger partial charge on any atom is 0.151 e. The Morgan fingerprint density at radius 2 is 1.89 bits per heavy atom. The monoisotopic (exact) mass is 267 g/mol. The summed E-state index contributed by atoms with van der Waals surface area (Å²) in [6.45, 7) is 1.77. The molecule has 0 saturated carbocycles. The standard InChI is InChI=1S/C14H21NO2S/c1-10(18(3,16)17)14(15-2)13-8-7-11-5-4-6-12(11)9-13/h7-10,14-15H,4-6H2,1-3H3. The van der Waals surface area contributed by atoms with E-state index in [1.807, 2.05) is 7.05 Å². The zero-order valence-electron chi connectivity index (χ0n) is 11.2. The number of aryl methyl sites for hydroxylation is 2. The van der Waals surface area contributed by atoms with Crippen LogP contribution in [0.5, 0.6) is 0 Å². The van der Waals surface area contributed by atoms with E-state index in [0.717, 1.165) is 18.4 Å².